The molecule has 2 heterocycles. The van der Waals surface area contributed by atoms with Crippen LogP contribution in [0.1, 0.15) is 11.4 Å². The number of carbonyl (C=O) groups excluding carboxylic acids is 1. The molecule has 0 atom stereocenters. The van der Waals surface area contributed by atoms with E-state index in [4.69, 9.17) is 14.5 Å². The van der Waals surface area contributed by atoms with Crippen LogP contribution in [-0.2, 0) is 14.8 Å². The van der Waals surface area contributed by atoms with E-state index in [0.29, 0.717) is 22.2 Å². The lowest BCUT2D eigenvalue weighted by Gasteiger charge is -2.09. The number of carbonyl (C=O) groups is 1. The van der Waals surface area contributed by atoms with E-state index in [1.807, 2.05) is 48.5 Å². The van der Waals surface area contributed by atoms with Gasteiger partial charge in [-0.05, 0) is 92.7 Å². The Labute approximate surface area is 259 Å². The predicted octanol–water partition coefficient (Wildman–Crippen LogP) is 5.70. The van der Waals surface area contributed by atoms with Crippen LogP contribution in [0.3, 0.4) is 0 Å². The van der Waals surface area contributed by atoms with Gasteiger partial charge in [0.1, 0.15) is 11.5 Å². The topological polar surface area (TPSA) is 148 Å². The number of rotatable bonds is 11. The van der Waals surface area contributed by atoms with Crippen molar-refractivity contribution in [2.75, 3.05) is 30.0 Å². The van der Waals surface area contributed by atoms with Crippen LogP contribution in [-0.4, -0.2) is 54.2 Å². The average Bonchev–Trinajstić information content (AvgIpc) is 3.44. The number of amides is 1. The van der Waals surface area contributed by atoms with Crippen molar-refractivity contribution in [2.24, 2.45) is 0 Å². The number of aromatic amines is 1. The van der Waals surface area contributed by atoms with E-state index in [0.717, 1.165) is 34.0 Å². The lowest BCUT2D eigenvalue weighted by atomic mass is 10.0. The molecule has 226 valence electrons. The Bertz CT molecular complexity index is 1790. The number of nitrogens with one attached hydrogen (secondary N) is 3. The second-order valence-electron chi connectivity index (χ2n) is 9.66. The Morgan fingerprint density at radius 3 is 1.95 bits per heavy atom. The summed E-state index contributed by atoms with van der Waals surface area (Å²) in [6.07, 6.45) is 0. The number of hydrogen-bond donors (Lipinski definition) is 3. The molecule has 5 rings (SSSR count). The van der Waals surface area contributed by atoms with E-state index in [9.17, 15) is 13.2 Å². The van der Waals surface area contributed by atoms with Crippen molar-refractivity contribution in [2.45, 2.75) is 23.9 Å². The highest BCUT2D eigenvalue weighted by Crippen LogP contribution is 2.34. The van der Waals surface area contributed by atoms with E-state index in [1.54, 1.807) is 34.1 Å². The fourth-order valence-corrected chi connectivity index (χ4v) is 5.96. The Morgan fingerprint density at radius 2 is 1.39 bits per heavy atom. The van der Waals surface area contributed by atoms with Crippen LogP contribution in [0.2, 0.25) is 0 Å². The first kappa shape index (κ1) is 30.6. The van der Waals surface area contributed by atoms with Crippen LogP contribution in [0, 0.1) is 13.8 Å². The largest absolute Gasteiger partial charge is 0.497 e. The van der Waals surface area contributed by atoms with Gasteiger partial charge in [0.2, 0.25) is 11.9 Å². The zero-order chi connectivity index (χ0) is 31.3. The molecule has 0 aliphatic heterocycles. The summed E-state index contributed by atoms with van der Waals surface area (Å²) in [7, 11) is -0.683. The van der Waals surface area contributed by atoms with Crippen LogP contribution >= 0.6 is 11.8 Å². The molecule has 0 saturated carbocycles. The molecule has 11 nitrogen and oxygen atoms in total. The minimum absolute atomic E-state index is 0.000117. The first-order valence-electron chi connectivity index (χ1n) is 13.4. The Balaban J connectivity index is 1.26. The maximum Gasteiger partial charge on any atom is 0.264 e. The Morgan fingerprint density at radius 1 is 0.818 bits per heavy atom. The van der Waals surface area contributed by atoms with Crippen molar-refractivity contribution in [1.29, 1.82) is 0 Å². The molecule has 0 fully saturated rings. The molecule has 13 heteroatoms. The van der Waals surface area contributed by atoms with Gasteiger partial charge in [0.05, 0.1) is 36.3 Å². The summed E-state index contributed by atoms with van der Waals surface area (Å²) in [5.74, 6) is 1.27. The molecule has 0 aliphatic carbocycles. The van der Waals surface area contributed by atoms with Gasteiger partial charge in [-0.2, -0.15) is 0 Å². The summed E-state index contributed by atoms with van der Waals surface area (Å²) in [4.78, 5) is 29.2. The molecule has 2 aromatic heterocycles. The smallest absolute Gasteiger partial charge is 0.264 e. The maximum absolute atomic E-state index is 12.8. The van der Waals surface area contributed by atoms with Gasteiger partial charge in [-0.25, -0.2) is 28.1 Å². The summed E-state index contributed by atoms with van der Waals surface area (Å²) < 4.78 is 38.6. The molecule has 3 aromatic carbocycles. The van der Waals surface area contributed by atoms with E-state index in [-0.39, 0.29) is 22.5 Å². The average molecular weight is 631 g/mol. The quantitative estimate of drug-likeness (QED) is 0.156. The summed E-state index contributed by atoms with van der Waals surface area (Å²) in [6, 6.07) is 22.8. The molecule has 0 unspecified atom stereocenters. The molecule has 1 amide bonds. The van der Waals surface area contributed by atoms with E-state index in [2.05, 4.69) is 25.0 Å². The third-order valence-corrected chi connectivity index (χ3v) is 8.64. The Hall–Kier alpha value is -4.88. The summed E-state index contributed by atoms with van der Waals surface area (Å²) >= 11 is 1.25. The molecule has 5 aromatic rings. The van der Waals surface area contributed by atoms with E-state index < -0.39 is 10.0 Å². The predicted molar refractivity (Wildman–Crippen MR) is 171 cm³/mol. The van der Waals surface area contributed by atoms with Crippen LogP contribution in [0.15, 0.2) is 88.9 Å². The maximum atomic E-state index is 12.8. The zero-order valence-electron chi connectivity index (χ0n) is 24.4. The van der Waals surface area contributed by atoms with Gasteiger partial charge in [-0.3, -0.25) is 4.79 Å². The molecule has 3 N–H and O–H groups in total. The standard InChI is InChI=1S/C31H30N6O5S2/c1-19-17-20(2)33-30(32-19)37-44(39,40)26-15-9-23(10-16-26)34-27(38)18-43-31-35-28(21-5-11-24(41-3)12-6-21)29(36-31)22-7-13-25(42-4)14-8-22/h5-17H,18H2,1-4H3,(H,34,38)(H,35,36)(H,32,33,37). The van der Waals surface area contributed by atoms with Gasteiger partial charge < -0.3 is 19.8 Å². The molecule has 0 bridgehead atoms. The number of methoxy groups -OCH3 is 2. The molecule has 44 heavy (non-hydrogen) atoms. The summed E-state index contributed by atoms with van der Waals surface area (Å²) in [6.45, 7) is 3.52. The number of thioether (sulfide) groups is 1. The van der Waals surface area contributed by atoms with Gasteiger partial charge in [0.25, 0.3) is 10.0 Å². The number of anilines is 2. The molecule has 0 aliphatic rings. The number of imidazole rings is 1. The lowest BCUT2D eigenvalue weighted by Crippen LogP contribution is -2.16. The minimum atomic E-state index is -3.91. The highest BCUT2D eigenvalue weighted by Gasteiger charge is 2.18. The van der Waals surface area contributed by atoms with E-state index in [1.165, 1.54) is 36.0 Å². The van der Waals surface area contributed by atoms with Gasteiger partial charge in [0, 0.05) is 28.2 Å². The van der Waals surface area contributed by atoms with Gasteiger partial charge in [-0.15, -0.1) is 0 Å². The molecular weight excluding hydrogens is 601 g/mol. The highest BCUT2D eigenvalue weighted by atomic mass is 32.2. The minimum Gasteiger partial charge on any atom is -0.497 e. The number of hydrogen-bond acceptors (Lipinski definition) is 9. The van der Waals surface area contributed by atoms with Crippen molar-refractivity contribution in [3.63, 3.8) is 0 Å². The number of sulfonamides is 1. The highest BCUT2D eigenvalue weighted by molar-refractivity contribution is 7.99. The molecule has 0 saturated heterocycles. The van der Waals surface area contributed by atoms with Gasteiger partial charge in [-0.1, -0.05) is 11.8 Å². The zero-order valence-corrected chi connectivity index (χ0v) is 26.0. The van der Waals surface area contributed by atoms with Crippen LogP contribution < -0.4 is 19.5 Å². The number of aromatic nitrogens is 4. The SMILES string of the molecule is COc1ccc(-c2nc(SCC(=O)Nc3ccc(S(=O)(=O)Nc4nc(C)cc(C)n4)cc3)[nH]c2-c2ccc(OC)cc2)cc1. The number of H-pyrrole nitrogens is 1. The van der Waals surface area contributed by atoms with Crippen LogP contribution in [0.25, 0.3) is 22.5 Å². The summed E-state index contributed by atoms with van der Waals surface area (Å²) in [5.41, 5.74) is 5.08. The van der Waals surface area contributed by atoms with Crippen molar-refractivity contribution < 1.29 is 22.7 Å². The van der Waals surface area contributed by atoms with Crippen LogP contribution in [0.5, 0.6) is 11.5 Å². The van der Waals surface area contributed by atoms with Crippen molar-refractivity contribution in [1.82, 2.24) is 19.9 Å². The first-order chi connectivity index (χ1) is 21.1. The number of aryl methyl sites for hydroxylation is 2. The van der Waals surface area contributed by atoms with E-state index >= 15 is 0 Å². The third kappa shape index (κ3) is 7.36. The first-order valence-corrected chi connectivity index (χ1v) is 15.9. The number of ether oxygens (including phenoxy) is 2. The summed E-state index contributed by atoms with van der Waals surface area (Å²) in [5, 5.41) is 3.36. The van der Waals surface area contributed by atoms with Crippen molar-refractivity contribution in [3.8, 4) is 34.0 Å². The van der Waals surface area contributed by atoms with Crippen molar-refractivity contribution >= 4 is 39.3 Å². The van der Waals surface area contributed by atoms with Crippen molar-refractivity contribution in [3.05, 3.63) is 90.3 Å². The van der Waals surface area contributed by atoms with Crippen LogP contribution in [0.4, 0.5) is 11.6 Å². The molecule has 0 radical (unpaired) electrons. The monoisotopic (exact) mass is 630 g/mol. The van der Waals surface area contributed by atoms with Gasteiger partial charge >= 0.3 is 0 Å². The Kier molecular flexibility index (Phi) is 9.16. The normalized spacial score (nSPS) is 11.2. The number of benzene rings is 3. The molecular formula is C31H30N6O5S2. The fourth-order valence-electron chi connectivity index (χ4n) is 4.34. The number of nitrogens with zero attached hydrogens (tertiary/aromatic N) is 3. The second kappa shape index (κ2) is 13.2. The second-order valence-corrected chi connectivity index (χ2v) is 12.3. The third-order valence-electron chi connectivity index (χ3n) is 6.42. The molecule has 0 spiro atoms. The fraction of sp³-hybridized carbons (Fsp3) is 0.161. The van der Waals surface area contributed by atoms with Gasteiger partial charge in [0.15, 0.2) is 5.16 Å². The lowest BCUT2D eigenvalue weighted by molar-refractivity contribution is -0.113.